The van der Waals surface area contributed by atoms with Gasteiger partial charge in [-0.2, -0.15) is 0 Å². The first-order valence-corrected chi connectivity index (χ1v) is 0. The Balaban J connectivity index is 0. The fourth-order valence-electron chi connectivity index (χ4n) is 0. The summed E-state index contributed by atoms with van der Waals surface area (Å²) in [4.78, 5) is 0. The van der Waals surface area contributed by atoms with Gasteiger partial charge in [0.25, 0.3) is 0 Å². The van der Waals surface area contributed by atoms with Gasteiger partial charge >= 0.3 is 0 Å². The van der Waals surface area contributed by atoms with Crippen LogP contribution >= 0.6 is 0 Å². The van der Waals surface area contributed by atoms with Gasteiger partial charge in [0.05, 0.1) is 0 Å². The maximum absolute atomic E-state index is 0. The van der Waals surface area contributed by atoms with E-state index < -0.39 is 0 Å². The van der Waals surface area contributed by atoms with Crippen LogP contribution in [0.3, 0.4) is 0 Å². The van der Waals surface area contributed by atoms with E-state index in [1.807, 2.05) is 0 Å². The van der Waals surface area contributed by atoms with E-state index in [1.54, 1.807) is 0 Å². The molecule has 1 radical (unpaired) electrons. The van der Waals surface area contributed by atoms with Crippen LogP contribution < -0.4 is 6.15 Å². The second-order valence-corrected chi connectivity index (χ2v) is 0. The van der Waals surface area contributed by atoms with E-state index in [2.05, 4.69) is 0 Å². The second-order valence-electron chi connectivity index (χ2n) is 0. The van der Waals surface area contributed by atoms with Gasteiger partial charge in [0.15, 0.2) is 0 Å². The molecule has 0 aliphatic carbocycles. The third-order valence-corrected chi connectivity index (χ3v) is 0. The normalized spacial score (nSPS) is 0. The van der Waals surface area contributed by atoms with E-state index in [-0.39, 0.29) is 63.0 Å². The van der Waals surface area contributed by atoms with Crippen LogP contribution in [0.5, 0.6) is 0 Å². The van der Waals surface area contributed by atoms with Crippen molar-refractivity contribution in [3.63, 3.8) is 0 Å². The van der Waals surface area contributed by atoms with Crippen LogP contribution in [0.4, 0.5) is 0 Å². The average Bonchev–Trinajstić information content (AvgIpc) is 0. The van der Waals surface area contributed by atoms with Crippen molar-refractivity contribution in [2.45, 2.75) is 0 Å². The summed E-state index contributed by atoms with van der Waals surface area (Å²) >= 11 is 0. The minimum atomic E-state index is 0. The Bertz CT molecular complexity index is 8.88. The molecule has 0 aromatic rings. The van der Waals surface area contributed by atoms with Gasteiger partial charge in [0.2, 0.25) is 0 Å². The summed E-state index contributed by atoms with van der Waals surface area (Å²) in [7, 11) is 0. The molecule has 0 fully saturated rings. The van der Waals surface area contributed by atoms with Crippen LogP contribution in [0.1, 0.15) is 0 Å². The Labute approximate surface area is 63.9 Å². The van der Waals surface area contributed by atoms with Crippen molar-refractivity contribution in [2.24, 2.45) is 0 Å². The Hall–Kier alpha value is 0.264. The number of rotatable bonds is 0. The molecular weight excluding hydrogens is 177 g/mol. The number of hydrogen-bond acceptors (Lipinski definition) is 2. The van der Waals surface area contributed by atoms with Gasteiger partial charge in [-0.1, -0.05) is 0 Å². The molecule has 69 valence electrons. The van der Waals surface area contributed by atoms with Crippen molar-refractivity contribution in [1.29, 1.82) is 0 Å². The molecular formula is H12NO7V-5. The quantitative estimate of drug-likeness (QED) is 0.405. The largest absolute Gasteiger partial charge is 2.00 e. The van der Waals surface area contributed by atoms with Crippen LogP contribution in [0.25, 0.3) is 0 Å². The molecule has 9 heavy (non-hydrogen) atoms. The van der Waals surface area contributed by atoms with Gasteiger partial charge in [-0.05, 0) is 0 Å². The topological polar surface area (TPSA) is 248 Å². The van der Waals surface area contributed by atoms with Crippen LogP contribution in [0, 0.1) is 0 Å². The summed E-state index contributed by atoms with van der Waals surface area (Å²) in [6.07, 6.45) is 0. The minimum absolute atomic E-state index is 0. The molecule has 0 aliphatic heterocycles. The summed E-state index contributed by atoms with van der Waals surface area (Å²) < 4.78 is 0. The molecule has 0 amide bonds. The van der Waals surface area contributed by atoms with E-state index in [9.17, 15) is 0 Å². The maximum atomic E-state index is 0. The van der Waals surface area contributed by atoms with Crippen molar-refractivity contribution in [3.05, 3.63) is 0 Å². The van der Waals surface area contributed by atoms with E-state index in [0.717, 1.165) is 0 Å². The Morgan fingerprint density at radius 1 is 0.556 bits per heavy atom. The van der Waals surface area contributed by atoms with E-state index in [1.165, 1.54) is 0 Å². The predicted molar refractivity (Wildman–Crippen MR) is 22.8 cm³/mol. The Kier molecular flexibility index (Phi) is 6270000. The smallest absolute Gasteiger partial charge is 0 e. The molecule has 0 atom stereocenters. The van der Waals surface area contributed by atoms with Gasteiger partial charge in [-0.3, -0.25) is 0 Å². The SMILES string of the molecule is N.O.O.O.O.[O-2].[O-2].[OH-].[V]. The van der Waals surface area contributed by atoms with Gasteiger partial charge in [-0.15, -0.1) is 0 Å². The van der Waals surface area contributed by atoms with Crippen LogP contribution in [0.2, 0.25) is 0 Å². The van der Waals surface area contributed by atoms with Crippen molar-refractivity contribution in [3.8, 4) is 0 Å². The molecule has 0 saturated carbocycles. The third kappa shape index (κ3) is 4640. The van der Waals surface area contributed by atoms with Crippen molar-refractivity contribution < 1.29 is 56.9 Å². The zero-order valence-electron chi connectivity index (χ0n) is 4.42. The molecule has 0 bridgehead atoms. The molecule has 12 N–H and O–H groups in total. The van der Waals surface area contributed by atoms with Gasteiger partial charge in [0.1, 0.15) is 0 Å². The van der Waals surface area contributed by atoms with Crippen molar-refractivity contribution in [2.75, 3.05) is 0 Å². The van der Waals surface area contributed by atoms with Crippen LogP contribution in [0.15, 0.2) is 0 Å². The molecule has 0 saturated heterocycles. The van der Waals surface area contributed by atoms with Crippen molar-refractivity contribution >= 4 is 0 Å². The molecule has 0 aromatic carbocycles. The maximum Gasteiger partial charge on any atom is 0 e. The molecule has 0 aliphatic rings. The summed E-state index contributed by atoms with van der Waals surface area (Å²) in [6.45, 7) is 0. The first-order chi connectivity index (χ1) is 0. The van der Waals surface area contributed by atoms with Crippen molar-refractivity contribution in [1.82, 2.24) is 6.15 Å². The summed E-state index contributed by atoms with van der Waals surface area (Å²) in [5.41, 5.74) is 0. The minimum Gasteiger partial charge on any atom is -2.00 e. The monoisotopic (exact) mass is 189 g/mol. The molecule has 0 heterocycles. The standard InChI is InChI=1S/H3N.5H2O.2O.V/h1H3;5*1H2;;;/q;;;;;;2*-2;/p-1. The summed E-state index contributed by atoms with van der Waals surface area (Å²) in [5.74, 6) is 0. The fraction of sp³-hybridized carbons (Fsp3) is 0. The third-order valence-electron chi connectivity index (χ3n) is 0. The first-order valence-electron chi connectivity index (χ1n) is 0. The van der Waals surface area contributed by atoms with Gasteiger partial charge in [0, 0.05) is 18.6 Å². The molecule has 0 rings (SSSR count). The van der Waals surface area contributed by atoms with Gasteiger partial charge < -0.3 is 44.5 Å². The molecule has 9 heteroatoms. The average molecular weight is 189 g/mol. The Morgan fingerprint density at radius 2 is 0.556 bits per heavy atom. The second kappa shape index (κ2) is 6240. The molecule has 0 unspecified atom stereocenters. The summed E-state index contributed by atoms with van der Waals surface area (Å²) in [6, 6.07) is 0. The van der Waals surface area contributed by atoms with E-state index in [4.69, 9.17) is 0 Å². The molecule has 0 aromatic heterocycles. The van der Waals surface area contributed by atoms with Gasteiger partial charge in [-0.25, -0.2) is 0 Å². The zero-order valence-corrected chi connectivity index (χ0v) is 5.81. The first kappa shape index (κ1) is 9050. The fourth-order valence-corrected chi connectivity index (χ4v) is 0. The van der Waals surface area contributed by atoms with E-state index >= 15 is 0 Å². The van der Waals surface area contributed by atoms with Crippen LogP contribution in [-0.2, 0) is 29.5 Å². The Morgan fingerprint density at radius 3 is 0.556 bits per heavy atom. The predicted octanol–water partition coefficient (Wildman–Crippen LogP) is -3.55. The zero-order chi connectivity index (χ0) is 0. The van der Waals surface area contributed by atoms with E-state index in [0.29, 0.717) is 0 Å². The number of hydrogen-bond donors (Lipinski definition) is 1. The molecule has 0 spiro atoms. The summed E-state index contributed by atoms with van der Waals surface area (Å²) in [5, 5.41) is 0. The molecule has 8 nitrogen and oxygen atoms in total. The van der Waals surface area contributed by atoms with Crippen LogP contribution in [-0.4, -0.2) is 27.4 Å².